The number of β-amino-alcohol motifs (C(OH)–C–C–N with tert-alkyl or cyclic N) is 1. The molecule has 3 saturated heterocycles. The predicted octanol–water partition coefficient (Wildman–Crippen LogP) is 2.91. The monoisotopic (exact) mass is 554 g/mol. The van der Waals surface area contributed by atoms with Crippen molar-refractivity contribution in [1.82, 2.24) is 9.80 Å². The van der Waals surface area contributed by atoms with E-state index in [9.17, 15) is 19.5 Å². The van der Waals surface area contributed by atoms with E-state index in [2.05, 4.69) is 29.1 Å². The third-order valence-corrected chi connectivity index (χ3v) is 11.0. The number of alkyl halides is 1. The topological polar surface area (TPSA) is 87.2 Å². The summed E-state index contributed by atoms with van der Waals surface area (Å²) in [6.45, 7) is 8.05. The Morgan fingerprint density at radius 3 is 2.65 bits per heavy atom. The van der Waals surface area contributed by atoms with Gasteiger partial charge < -0.3 is 19.6 Å². The highest BCUT2D eigenvalue weighted by molar-refractivity contribution is 9.09. The second-order valence-electron chi connectivity index (χ2n) is 9.73. The van der Waals surface area contributed by atoms with Gasteiger partial charge in [-0.1, -0.05) is 47.3 Å². The highest BCUT2D eigenvalue weighted by Gasteiger charge is 2.76. The van der Waals surface area contributed by atoms with Gasteiger partial charge in [0, 0.05) is 29.2 Å². The van der Waals surface area contributed by atoms with Crippen LogP contribution in [0.5, 0.6) is 0 Å². The van der Waals surface area contributed by atoms with Crippen molar-refractivity contribution in [3.05, 3.63) is 25.3 Å². The molecule has 0 aromatic rings. The summed E-state index contributed by atoms with van der Waals surface area (Å²) >= 11 is 5.35. The number of halogens is 1. The number of carbonyl (C=O) groups is 3. The molecule has 0 radical (unpaired) electrons. The summed E-state index contributed by atoms with van der Waals surface area (Å²) in [5.41, 5.74) is 0. The fourth-order valence-corrected chi connectivity index (χ4v) is 10.1. The lowest BCUT2D eigenvalue weighted by atomic mass is 9.71. The molecular formula is C25H35BrN2O5S. The molecule has 6 atom stereocenters. The molecule has 2 amide bonds. The van der Waals surface area contributed by atoms with Crippen LogP contribution < -0.4 is 0 Å². The SMILES string of the molecule is C=CCCOC(=O)[C@H]1[C@@H]2SC3(CC2Br)C(C(=O)N(CC=C)C2CCCCC2)N(CCO)C(=O)[C@H]13. The Morgan fingerprint density at radius 1 is 1.26 bits per heavy atom. The van der Waals surface area contributed by atoms with E-state index in [1.54, 1.807) is 28.8 Å². The van der Waals surface area contributed by atoms with Crippen LogP contribution in [0, 0.1) is 11.8 Å². The molecule has 9 heteroatoms. The molecule has 4 aliphatic rings. The van der Waals surface area contributed by atoms with Crippen molar-refractivity contribution in [3.63, 3.8) is 0 Å². The molecule has 34 heavy (non-hydrogen) atoms. The summed E-state index contributed by atoms with van der Waals surface area (Å²) < 4.78 is 4.81. The molecule has 3 aliphatic heterocycles. The maximum absolute atomic E-state index is 14.2. The average Bonchev–Trinajstić information content (AvgIpc) is 3.42. The van der Waals surface area contributed by atoms with Crippen LogP contribution in [0.2, 0.25) is 0 Å². The van der Waals surface area contributed by atoms with E-state index in [1.807, 2.05) is 4.90 Å². The fourth-order valence-electron chi connectivity index (χ4n) is 6.47. The van der Waals surface area contributed by atoms with Crippen molar-refractivity contribution in [2.45, 2.75) is 71.9 Å². The van der Waals surface area contributed by atoms with Gasteiger partial charge in [-0.3, -0.25) is 14.4 Å². The second-order valence-corrected chi connectivity index (χ2v) is 12.5. The van der Waals surface area contributed by atoms with Crippen molar-refractivity contribution in [2.75, 3.05) is 26.3 Å². The van der Waals surface area contributed by atoms with Gasteiger partial charge in [0.25, 0.3) is 0 Å². The van der Waals surface area contributed by atoms with Gasteiger partial charge in [-0.15, -0.1) is 24.9 Å². The Bertz CT molecular complexity index is 834. The van der Waals surface area contributed by atoms with Gasteiger partial charge in [0.05, 0.1) is 29.8 Å². The number of nitrogens with zero attached hydrogens (tertiary/aromatic N) is 2. The number of hydrogen-bond donors (Lipinski definition) is 1. The molecule has 0 aromatic carbocycles. The van der Waals surface area contributed by atoms with Crippen LogP contribution in [0.1, 0.15) is 44.9 Å². The van der Waals surface area contributed by atoms with Crippen LogP contribution in [0.15, 0.2) is 25.3 Å². The molecule has 3 heterocycles. The first kappa shape index (κ1) is 25.8. The van der Waals surface area contributed by atoms with Crippen LogP contribution in [0.25, 0.3) is 0 Å². The number of hydrogen-bond acceptors (Lipinski definition) is 6. The number of esters is 1. The third kappa shape index (κ3) is 4.26. The van der Waals surface area contributed by atoms with E-state index in [0.717, 1.165) is 25.7 Å². The zero-order valence-corrected chi connectivity index (χ0v) is 22.0. The summed E-state index contributed by atoms with van der Waals surface area (Å²) in [6, 6.07) is -0.580. The Kier molecular flexibility index (Phi) is 8.14. The Balaban J connectivity index is 1.69. The number of fused-ring (bicyclic) bond motifs is 1. The van der Waals surface area contributed by atoms with Crippen LogP contribution in [0.3, 0.4) is 0 Å². The molecule has 0 aromatic heterocycles. The first-order chi connectivity index (χ1) is 16.4. The van der Waals surface area contributed by atoms with Crippen LogP contribution in [-0.2, 0) is 19.1 Å². The molecule has 4 fully saturated rings. The Hall–Kier alpha value is -1.32. The van der Waals surface area contributed by atoms with E-state index in [1.165, 1.54) is 6.42 Å². The van der Waals surface area contributed by atoms with E-state index in [-0.39, 0.29) is 53.7 Å². The predicted molar refractivity (Wildman–Crippen MR) is 136 cm³/mol. The Labute approximate surface area is 214 Å². The lowest BCUT2D eigenvalue weighted by molar-refractivity contribution is -0.154. The summed E-state index contributed by atoms with van der Waals surface area (Å²) in [4.78, 5) is 44.6. The Morgan fingerprint density at radius 2 is 2.00 bits per heavy atom. The van der Waals surface area contributed by atoms with Gasteiger partial charge in [-0.05, 0) is 25.7 Å². The van der Waals surface area contributed by atoms with Crippen molar-refractivity contribution in [3.8, 4) is 0 Å². The number of ether oxygens (including phenoxy) is 1. The van der Waals surface area contributed by atoms with Gasteiger partial charge in [0.15, 0.2) is 0 Å². The number of thioether (sulfide) groups is 1. The first-order valence-corrected chi connectivity index (χ1v) is 14.1. The molecule has 1 saturated carbocycles. The van der Waals surface area contributed by atoms with Gasteiger partial charge in [-0.2, -0.15) is 0 Å². The summed E-state index contributed by atoms with van der Waals surface area (Å²) in [5.74, 6) is -1.90. The summed E-state index contributed by atoms with van der Waals surface area (Å²) in [5, 5.41) is 9.66. The normalized spacial score (nSPS) is 34.7. The molecule has 3 unspecified atom stereocenters. The van der Waals surface area contributed by atoms with Crippen molar-refractivity contribution < 1.29 is 24.2 Å². The molecule has 1 aliphatic carbocycles. The smallest absolute Gasteiger partial charge is 0.310 e. The number of aliphatic hydroxyl groups is 1. The van der Waals surface area contributed by atoms with Gasteiger partial charge in [0.1, 0.15) is 6.04 Å². The lowest BCUT2D eigenvalue weighted by Crippen LogP contribution is -2.57. The fraction of sp³-hybridized carbons (Fsp3) is 0.720. The molecule has 2 bridgehead atoms. The number of rotatable bonds is 10. The standard InChI is InChI=1S/C25H35BrN2O5S/c1-3-5-14-33-24(32)18-19-22(30)28(12-13-29)21(25(19)15-17(26)20(18)34-25)23(31)27(11-4-2)16-9-7-6-8-10-16/h3-4,16-21,29H,1-2,5-15H2/t17?,18-,19+,20-,21?,25?/m1/s1. The summed E-state index contributed by atoms with van der Waals surface area (Å²) in [6.07, 6.45) is 9.86. The van der Waals surface area contributed by atoms with Crippen LogP contribution >= 0.6 is 27.7 Å². The number of aliphatic hydroxyl groups excluding tert-OH is 1. The zero-order valence-electron chi connectivity index (χ0n) is 19.6. The minimum atomic E-state index is -0.710. The second kappa shape index (κ2) is 10.7. The van der Waals surface area contributed by atoms with Crippen molar-refractivity contribution in [1.29, 1.82) is 0 Å². The molecular weight excluding hydrogens is 520 g/mol. The minimum absolute atomic E-state index is 0.00501. The molecule has 188 valence electrons. The van der Waals surface area contributed by atoms with Gasteiger partial charge in [0.2, 0.25) is 11.8 Å². The van der Waals surface area contributed by atoms with Crippen molar-refractivity contribution >= 4 is 45.5 Å². The molecule has 7 nitrogen and oxygen atoms in total. The largest absolute Gasteiger partial charge is 0.465 e. The highest BCUT2D eigenvalue weighted by atomic mass is 79.9. The van der Waals surface area contributed by atoms with Gasteiger partial charge in [-0.25, -0.2) is 0 Å². The van der Waals surface area contributed by atoms with Gasteiger partial charge >= 0.3 is 5.97 Å². The lowest BCUT2D eigenvalue weighted by Gasteiger charge is -2.41. The number of amides is 2. The highest BCUT2D eigenvalue weighted by Crippen LogP contribution is 2.68. The van der Waals surface area contributed by atoms with E-state index < -0.39 is 22.6 Å². The average molecular weight is 556 g/mol. The van der Waals surface area contributed by atoms with Crippen LogP contribution in [0.4, 0.5) is 0 Å². The maximum Gasteiger partial charge on any atom is 0.310 e. The third-order valence-electron chi connectivity index (χ3n) is 7.83. The van der Waals surface area contributed by atoms with Crippen LogP contribution in [-0.4, -0.2) is 85.9 Å². The number of likely N-dealkylation sites (tertiary alicyclic amines) is 1. The van der Waals surface area contributed by atoms with E-state index in [0.29, 0.717) is 19.4 Å². The van der Waals surface area contributed by atoms with Crippen molar-refractivity contribution in [2.24, 2.45) is 11.8 Å². The number of carbonyl (C=O) groups excluding carboxylic acids is 3. The van der Waals surface area contributed by atoms with E-state index >= 15 is 0 Å². The minimum Gasteiger partial charge on any atom is -0.465 e. The van der Waals surface area contributed by atoms with E-state index in [4.69, 9.17) is 4.74 Å². The zero-order chi connectivity index (χ0) is 24.5. The summed E-state index contributed by atoms with van der Waals surface area (Å²) in [7, 11) is 0. The quantitative estimate of drug-likeness (QED) is 0.193. The maximum atomic E-state index is 14.2. The molecule has 1 N–H and O–H groups in total. The molecule has 4 rings (SSSR count). The first-order valence-electron chi connectivity index (χ1n) is 12.3. The molecule has 1 spiro atoms.